The van der Waals surface area contributed by atoms with Gasteiger partial charge in [0.1, 0.15) is 17.1 Å². The third-order valence-corrected chi connectivity index (χ3v) is 5.83. The summed E-state index contributed by atoms with van der Waals surface area (Å²) in [6, 6.07) is 32.4. The van der Waals surface area contributed by atoms with Gasteiger partial charge in [-0.15, -0.1) is 0 Å². The van der Waals surface area contributed by atoms with Crippen LogP contribution in [0, 0.1) is 0 Å². The number of hydrogen-bond donors (Lipinski definition) is 1. The zero-order valence-corrected chi connectivity index (χ0v) is 22.0. The Morgan fingerprint density at radius 3 is 1.60 bits per heavy atom. The Hall–Kier alpha value is -3.48. The van der Waals surface area contributed by atoms with Gasteiger partial charge in [-0.3, -0.25) is 0 Å². The summed E-state index contributed by atoms with van der Waals surface area (Å²) < 4.78 is 20.0. The molecule has 0 aromatic heterocycles. The fraction of sp³-hybridized carbons (Fsp3) is 0.107. The number of para-hydroxylation sites is 2. The van der Waals surface area contributed by atoms with Gasteiger partial charge in [-0.25, -0.2) is 5.32 Å². The normalized spacial score (nSPS) is 10.1. The molecule has 0 saturated carbocycles. The molecule has 0 heterocycles. The molecular formula is C28H26BrClN2O3. The van der Waals surface area contributed by atoms with Crippen molar-refractivity contribution in [3.8, 4) is 17.2 Å². The van der Waals surface area contributed by atoms with E-state index < -0.39 is 0 Å². The van der Waals surface area contributed by atoms with Crippen molar-refractivity contribution in [1.29, 1.82) is 0 Å². The van der Waals surface area contributed by atoms with Gasteiger partial charge in [0.25, 0.3) is 5.84 Å². The topological polar surface area (TPSA) is 42.7 Å². The van der Waals surface area contributed by atoms with E-state index in [-0.39, 0.29) is 12.4 Å². The van der Waals surface area contributed by atoms with E-state index in [1.54, 1.807) is 21.3 Å². The van der Waals surface area contributed by atoms with E-state index in [0.717, 1.165) is 32.9 Å². The standard InChI is InChI=1S/C28H25BrN2O3.ClH/c1-32-25-18-20(19-26(33-2)27(25)34-3)28(30-22-16-14-21(29)15-17-22)31(23-10-6-4-7-11-23)24-12-8-5-9-13-24;/h4-19H,1-3H3;1H. The third-order valence-electron chi connectivity index (χ3n) is 5.30. The number of anilines is 1. The minimum Gasteiger partial charge on any atom is -1.00 e. The van der Waals surface area contributed by atoms with Crippen LogP contribution in [0.2, 0.25) is 0 Å². The van der Waals surface area contributed by atoms with Gasteiger partial charge in [-0.2, -0.15) is 4.58 Å². The molecule has 4 rings (SSSR count). The summed E-state index contributed by atoms with van der Waals surface area (Å²) in [6.45, 7) is 0. The van der Waals surface area contributed by atoms with Crippen LogP contribution in [-0.4, -0.2) is 27.2 Å². The molecule has 0 unspecified atom stereocenters. The van der Waals surface area contributed by atoms with Gasteiger partial charge in [0.15, 0.2) is 11.5 Å². The van der Waals surface area contributed by atoms with Gasteiger partial charge in [0.05, 0.1) is 26.9 Å². The van der Waals surface area contributed by atoms with Gasteiger partial charge in [-0.1, -0.05) is 52.3 Å². The molecule has 0 fully saturated rings. The van der Waals surface area contributed by atoms with Crippen molar-refractivity contribution in [2.75, 3.05) is 26.6 Å². The lowest BCUT2D eigenvalue weighted by Gasteiger charge is -2.17. The molecule has 5 nitrogen and oxygen atoms in total. The van der Waals surface area contributed by atoms with Crippen LogP contribution in [0.1, 0.15) is 5.56 Å². The van der Waals surface area contributed by atoms with E-state index in [0.29, 0.717) is 17.2 Å². The van der Waals surface area contributed by atoms with Crippen molar-refractivity contribution >= 4 is 38.8 Å². The first-order valence-electron chi connectivity index (χ1n) is 10.7. The summed E-state index contributed by atoms with van der Waals surface area (Å²) in [6.07, 6.45) is 0. The monoisotopic (exact) mass is 552 g/mol. The zero-order valence-electron chi connectivity index (χ0n) is 19.7. The van der Waals surface area contributed by atoms with E-state index in [4.69, 9.17) is 14.2 Å². The van der Waals surface area contributed by atoms with E-state index >= 15 is 0 Å². The molecule has 7 heteroatoms. The molecule has 0 bridgehead atoms. The lowest BCUT2D eigenvalue weighted by atomic mass is 10.1. The number of benzene rings is 4. The maximum absolute atomic E-state index is 5.66. The first-order valence-corrected chi connectivity index (χ1v) is 11.5. The van der Waals surface area contributed by atoms with E-state index in [1.165, 1.54) is 0 Å². The smallest absolute Gasteiger partial charge is 0.292 e. The average Bonchev–Trinajstić information content (AvgIpc) is 2.89. The van der Waals surface area contributed by atoms with Crippen LogP contribution in [0.15, 0.2) is 102 Å². The Morgan fingerprint density at radius 2 is 1.17 bits per heavy atom. The summed E-state index contributed by atoms with van der Waals surface area (Å²) in [5.74, 6) is 2.53. The number of ether oxygens (including phenoxy) is 3. The quantitative estimate of drug-likeness (QED) is 0.214. The molecule has 4 aromatic rings. The van der Waals surface area contributed by atoms with E-state index in [9.17, 15) is 0 Å². The number of amidine groups is 1. The summed E-state index contributed by atoms with van der Waals surface area (Å²) >= 11 is 3.52. The molecular weight excluding hydrogens is 528 g/mol. The minimum atomic E-state index is 0. The summed E-state index contributed by atoms with van der Waals surface area (Å²) in [7, 11) is 4.84. The molecule has 0 saturated heterocycles. The lowest BCUT2D eigenvalue weighted by molar-refractivity contribution is -0.00000741. The first kappa shape index (κ1) is 26.1. The Balaban J connectivity index is 0.00000342. The Labute approximate surface area is 220 Å². The van der Waals surface area contributed by atoms with Gasteiger partial charge in [0.2, 0.25) is 5.75 Å². The van der Waals surface area contributed by atoms with Crippen LogP contribution in [0.5, 0.6) is 17.2 Å². The Bertz CT molecular complexity index is 1210. The Kier molecular flexibility index (Phi) is 9.18. The molecule has 0 spiro atoms. The van der Waals surface area contributed by atoms with Crippen molar-refractivity contribution < 1.29 is 26.6 Å². The van der Waals surface area contributed by atoms with Crippen LogP contribution in [0.25, 0.3) is 0 Å². The number of rotatable bonds is 7. The van der Waals surface area contributed by atoms with Gasteiger partial charge in [-0.05, 0) is 60.7 Å². The molecule has 1 N–H and O–H groups in total. The summed E-state index contributed by atoms with van der Waals surface area (Å²) in [5, 5.41) is 3.63. The van der Waals surface area contributed by atoms with Crippen LogP contribution < -0.4 is 36.5 Å². The van der Waals surface area contributed by atoms with Crippen molar-refractivity contribution in [1.82, 2.24) is 4.58 Å². The second-order valence-corrected chi connectivity index (χ2v) is 8.32. The molecule has 0 radical (unpaired) electrons. The number of halogens is 2. The molecule has 35 heavy (non-hydrogen) atoms. The van der Waals surface area contributed by atoms with E-state index in [1.807, 2.05) is 72.8 Å². The van der Waals surface area contributed by atoms with Gasteiger partial charge >= 0.3 is 0 Å². The van der Waals surface area contributed by atoms with Crippen molar-refractivity contribution in [3.05, 3.63) is 107 Å². The molecule has 0 aliphatic rings. The first-order chi connectivity index (χ1) is 16.6. The maximum Gasteiger partial charge on any atom is 0.292 e. The van der Waals surface area contributed by atoms with Crippen LogP contribution >= 0.6 is 15.9 Å². The molecule has 0 aliphatic heterocycles. The molecule has 180 valence electrons. The zero-order chi connectivity index (χ0) is 23.9. The third kappa shape index (κ3) is 5.96. The fourth-order valence-corrected chi connectivity index (χ4v) is 3.97. The Morgan fingerprint density at radius 1 is 0.686 bits per heavy atom. The molecule has 4 aromatic carbocycles. The van der Waals surface area contributed by atoms with Crippen molar-refractivity contribution in [3.63, 3.8) is 0 Å². The highest BCUT2D eigenvalue weighted by Crippen LogP contribution is 2.39. The highest BCUT2D eigenvalue weighted by atomic mass is 79.9. The van der Waals surface area contributed by atoms with Crippen LogP contribution in [-0.2, 0) is 0 Å². The minimum absolute atomic E-state index is 0. The van der Waals surface area contributed by atoms with Gasteiger partial charge < -0.3 is 26.6 Å². The van der Waals surface area contributed by atoms with Crippen molar-refractivity contribution in [2.45, 2.75) is 0 Å². The van der Waals surface area contributed by atoms with Crippen molar-refractivity contribution in [2.24, 2.45) is 0 Å². The highest BCUT2D eigenvalue weighted by Gasteiger charge is 2.25. The largest absolute Gasteiger partial charge is 1.00 e. The summed E-state index contributed by atoms with van der Waals surface area (Å²) in [5.41, 5.74) is 3.80. The van der Waals surface area contributed by atoms with Gasteiger partial charge in [0, 0.05) is 4.47 Å². The predicted octanol–water partition coefficient (Wildman–Crippen LogP) is 3.87. The average molecular weight is 554 g/mol. The second kappa shape index (κ2) is 12.3. The predicted molar refractivity (Wildman–Crippen MR) is 142 cm³/mol. The van der Waals surface area contributed by atoms with Crippen LogP contribution in [0.3, 0.4) is 0 Å². The van der Waals surface area contributed by atoms with Crippen LogP contribution in [0.4, 0.5) is 17.1 Å². The number of methoxy groups -OCH3 is 3. The molecule has 0 aliphatic carbocycles. The highest BCUT2D eigenvalue weighted by molar-refractivity contribution is 9.10. The number of hydrogen-bond acceptors (Lipinski definition) is 3. The molecule has 0 atom stereocenters. The lowest BCUT2D eigenvalue weighted by Crippen LogP contribution is -3.00. The van der Waals surface area contributed by atoms with E-state index in [2.05, 4.69) is 50.1 Å². The number of nitrogens with zero attached hydrogens (tertiary/aromatic N) is 1. The SMILES string of the molecule is COc1cc(C(Nc2ccc(Br)cc2)=[N+](c2ccccc2)c2ccccc2)cc(OC)c1OC.[Cl-]. The fourth-order valence-electron chi connectivity index (χ4n) is 3.71. The molecule has 0 amide bonds. The second-order valence-electron chi connectivity index (χ2n) is 7.40. The maximum atomic E-state index is 5.66. The number of nitrogens with one attached hydrogen (secondary N) is 1. The summed E-state index contributed by atoms with van der Waals surface area (Å²) in [4.78, 5) is 0.